The molecule has 0 saturated carbocycles. The lowest BCUT2D eigenvalue weighted by Gasteiger charge is -2.14. The van der Waals surface area contributed by atoms with Gasteiger partial charge in [0.1, 0.15) is 0 Å². The molecule has 0 spiro atoms. The number of nitrogens with one attached hydrogen (secondary N) is 2. The van der Waals surface area contributed by atoms with Gasteiger partial charge in [-0.2, -0.15) is 0 Å². The summed E-state index contributed by atoms with van der Waals surface area (Å²) in [6.45, 7) is 0. The van der Waals surface area contributed by atoms with Gasteiger partial charge >= 0.3 is 5.97 Å². The van der Waals surface area contributed by atoms with Crippen molar-refractivity contribution in [1.29, 1.82) is 0 Å². The predicted molar refractivity (Wildman–Crippen MR) is 67.6 cm³/mol. The van der Waals surface area contributed by atoms with Crippen molar-refractivity contribution in [1.82, 2.24) is 5.32 Å². The first-order chi connectivity index (χ1) is 8.58. The Balaban J connectivity index is 2.08. The van der Waals surface area contributed by atoms with Crippen LogP contribution in [0.2, 0.25) is 0 Å². The Kier molecular flexibility index (Phi) is 3.62. The molecule has 0 radical (unpaired) electrons. The van der Waals surface area contributed by atoms with E-state index in [2.05, 4.69) is 10.6 Å². The summed E-state index contributed by atoms with van der Waals surface area (Å²) in [6.07, 6.45) is 1.14. The number of benzene rings is 1. The van der Waals surface area contributed by atoms with Crippen molar-refractivity contribution in [2.24, 2.45) is 0 Å². The number of hydrogen-bond donors (Lipinski definition) is 3. The maximum absolute atomic E-state index is 11.2. The molecule has 5 heteroatoms. The molecule has 1 aliphatic rings. The lowest BCUT2D eigenvalue weighted by atomic mass is 10.0. The van der Waals surface area contributed by atoms with E-state index in [1.165, 1.54) is 0 Å². The highest BCUT2D eigenvalue weighted by atomic mass is 16.4. The van der Waals surface area contributed by atoms with Crippen molar-refractivity contribution >= 4 is 17.6 Å². The average molecular weight is 248 g/mol. The number of rotatable bonds is 5. The van der Waals surface area contributed by atoms with Gasteiger partial charge in [0.25, 0.3) is 0 Å². The number of aliphatic carboxylic acids is 1. The lowest BCUT2D eigenvalue weighted by Crippen LogP contribution is -2.30. The summed E-state index contributed by atoms with van der Waals surface area (Å²) < 4.78 is 0. The molecule has 1 heterocycles. The smallest absolute Gasteiger partial charge is 0.304 e. The molecule has 1 atom stereocenters. The summed E-state index contributed by atoms with van der Waals surface area (Å²) in [5.41, 5.74) is 2.90. The normalized spacial score (nSPS) is 15.1. The fraction of sp³-hybridized carbons (Fsp3) is 0.385. The first-order valence-electron chi connectivity index (χ1n) is 5.89. The van der Waals surface area contributed by atoms with Gasteiger partial charge in [0, 0.05) is 11.7 Å². The summed E-state index contributed by atoms with van der Waals surface area (Å²) >= 11 is 0. The molecule has 0 aliphatic carbocycles. The van der Waals surface area contributed by atoms with Crippen LogP contribution in [0.15, 0.2) is 18.2 Å². The van der Waals surface area contributed by atoms with Crippen LogP contribution in [0, 0.1) is 0 Å². The summed E-state index contributed by atoms with van der Waals surface area (Å²) in [4.78, 5) is 21.9. The van der Waals surface area contributed by atoms with E-state index in [1.54, 1.807) is 7.05 Å². The highest BCUT2D eigenvalue weighted by molar-refractivity contribution is 5.99. The first-order valence-corrected chi connectivity index (χ1v) is 5.89. The second-order valence-electron chi connectivity index (χ2n) is 4.50. The van der Waals surface area contributed by atoms with Crippen LogP contribution in [0.3, 0.4) is 0 Å². The molecule has 1 amide bonds. The molecular formula is C13H16N2O3. The quantitative estimate of drug-likeness (QED) is 0.719. The minimum absolute atomic E-state index is 0.0119. The second kappa shape index (κ2) is 5.18. The highest BCUT2D eigenvalue weighted by Crippen LogP contribution is 2.24. The topological polar surface area (TPSA) is 78.4 Å². The maximum atomic E-state index is 11.2. The van der Waals surface area contributed by atoms with E-state index < -0.39 is 5.97 Å². The van der Waals surface area contributed by atoms with Crippen molar-refractivity contribution < 1.29 is 14.7 Å². The van der Waals surface area contributed by atoms with Gasteiger partial charge in [0.2, 0.25) is 5.91 Å². The van der Waals surface area contributed by atoms with Crippen molar-refractivity contribution in [2.75, 3.05) is 12.4 Å². The van der Waals surface area contributed by atoms with E-state index in [1.807, 2.05) is 18.2 Å². The van der Waals surface area contributed by atoms with Gasteiger partial charge in [0.05, 0.1) is 12.8 Å². The Bertz CT molecular complexity index is 485. The van der Waals surface area contributed by atoms with Gasteiger partial charge in [0.15, 0.2) is 0 Å². The molecule has 0 saturated heterocycles. The first kappa shape index (κ1) is 12.6. The third-order valence-corrected chi connectivity index (χ3v) is 3.11. The minimum Gasteiger partial charge on any atom is -0.481 e. The fourth-order valence-electron chi connectivity index (χ4n) is 2.18. The molecule has 3 N–H and O–H groups in total. The molecule has 0 aromatic heterocycles. The molecule has 1 aromatic carbocycles. The van der Waals surface area contributed by atoms with Crippen LogP contribution in [-0.4, -0.2) is 30.1 Å². The van der Waals surface area contributed by atoms with E-state index in [0.29, 0.717) is 12.8 Å². The van der Waals surface area contributed by atoms with Crippen LogP contribution < -0.4 is 10.6 Å². The molecule has 0 bridgehead atoms. The van der Waals surface area contributed by atoms with Gasteiger partial charge in [-0.1, -0.05) is 12.1 Å². The molecule has 2 rings (SSSR count). The van der Waals surface area contributed by atoms with E-state index in [-0.39, 0.29) is 18.4 Å². The number of fused-ring (bicyclic) bond motifs is 1. The predicted octanol–water partition coefficient (Wildman–Crippen LogP) is 0.786. The van der Waals surface area contributed by atoms with Crippen LogP contribution >= 0.6 is 0 Å². The SMILES string of the molecule is CNC(CC(=O)O)Cc1ccc2c(c1)CC(=O)N2. The van der Waals surface area contributed by atoms with Gasteiger partial charge in [-0.25, -0.2) is 0 Å². The molecule has 1 aliphatic heterocycles. The third kappa shape index (κ3) is 2.87. The zero-order valence-electron chi connectivity index (χ0n) is 10.2. The summed E-state index contributed by atoms with van der Waals surface area (Å²) in [7, 11) is 1.76. The monoisotopic (exact) mass is 248 g/mol. The number of carboxylic acid groups (broad SMARTS) is 1. The van der Waals surface area contributed by atoms with Gasteiger partial charge in [-0.05, 0) is 30.7 Å². The minimum atomic E-state index is -0.813. The van der Waals surface area contributed by atoms with Crippen molar-refractivity contribution in [3.63, 3.8) is 0 Å². The Labute approximate surface area is 105 Å². The summed E-state index contributed by atoms with van der Waals surface area (Å²) in [5, 5.41) is 14.6. The number of amides is 1. The van der Waals surface area contributed by atoms with E-state index in [4.69, 9.17) is 5.11 Å². The second-order valence-corrected chi connectivity index (χ2v) is 4.50. The zero-order chi connectivity index (χ0) is 13.1. The van der Waals surface area contributed by atoms with E-state index >= 15 is 0 Å². The van der Waals surface area contributed by atoms with Crippen LogP contribution in [0.25, 0.3) is 0 Å². The third-order valence-electron chi connectivity index (χ3n) is 3.11. The number of anilines is 1. The number of carbonyl (C=O) groups is 2. The van der Waals surface area contributed by atoms with Crippen LogP contribution in [0.1, 0.15) is 17.5 Å². The van der Waals surface area contributed by atoms with Crippen molar-refractivity contribution in [3.05, 3.63) is 29.3 Å². The lowest BCUT2D eigenvalue weighted by molar-refractivity contribution is -0.137. The van der Waals surface area contributed by atoms with Crippen LogP contribution in [0.5, 0.6) is 0 Å². The largest absolute Gasteiger partial charge is 0.481 e. The zero-order valence-corrected chi connectivity index (χ0v) is 10.2. The Morgan fingerprint density at radius 1 is 1.56 bits per heavy atom. The summed E-state index contributed by atoms with van der Waals surface area (Å²) in [5.74, 6) is -0.801. The van der Waals surface area contributed by atoms with Crippen LogP contribution in [0.4, 0.5) is 5.69 Å². The van der Waals surface area contributed by atoms with Crippen LogP contribution in [-0.2, 0) is 22.4 Å². The van der Waals surface area contributed by atoms with E-state index in [0.717, 1.165) is 16.8 Å². The van der Waals surface area contributed by atoms with E-state index in [9.17, 15) is 9.59 Å². The Morgan fingerprint density at radius 2 is 2.33 bits per heavy atom. The Hall–Kier alpha value is -1.88. The number of carbonyl (C=O) groups excluding carboxylic acids is 1. The van der Waals surface area contributed by atoms with Crippen molar-refractivity contribution in [3.8, 4) is 0 Å². The number of carboxylic acids is 1. The highest BCUT2D eigenvalue weighted by Gasteiger charge is 2.18. The summed E-state index contributed by atoms with van der Waals surface area (Å²) in [6, 6.07) is 5.68. The Morgan fingerprint density at radius 3 is 3.00 bits per heavy atom. The number of hydrogen-bond acceptors (Lipinski definition) is 3. The molecule has 5 nitrogen and oxygen atoms in total. The molecular weight excluding hydrogens is 232 g/mol. The molecule has 1 unspecified atom stereocenters. The number of likely N-dealkylation sites (N-methyl/N-ethyl adjacent to an activating group) is 1. The average Bonchev–Trinajstić information content (AvgIpc) is 2.67. The van der Waals surface area contributed by atoms with Gasteiger partial charge < -0.3 is 15.7 Å². The standard InChI is InChI=1S/C13H16N2O3/c1-14-10(7-13(17)18)5-8-2-3-11-9(4-8)6-12(16)15-11/h2-4,10,14H,5-7H2,1H3,(H,15,16)(H,17,18). The van der Waals surface area contributed by atoms with Gasteiger partial charge in [-0.15, -0.1) is 0 Å². The maximum Gasteiger partial charge on any atom is 0.304 e. The molecule has 0 fully saturated rings. The molecule has 1 aromatic rings. The van der Waals surface area contributed by atoms with Gasteiger partial charge in [-0.3, -0.25) is 9.59 Å². The molecule has 18 heavy (non-hydrogen) atoms. The fourth-order valence-corrected chi connectivity index (χ4v) is 2.18. The molecule has 96 valence electrons. The van der Waals surface area contributed by atoms with Crippen molar-refractivity contribution in [2.45, 2.75) is 25.3 Å².